The number of hydrogen-bond donors (Lipinski definition) is 1. The van der Waals surface area contributed by atoms with Crippen LogP contribution in [0.3, 0.4) is 0 Å². The summed E-state index contributed by atoms with van der Waals surface area (Å²) in [7, 11) is 4.81. The first-order chi connectivity index (χ1) is 15.1. The summed E-state index contributed by atoms with van der Waals surface area (Å²) in [5.41, 5.74) is 3.95. The largest absolute Gasteiger partial charge is 0.493 e. The lowest BCUT2D eigenvalue weighted by molar-refractivity contribution is 0.324. The van der Waals surface area contributed by atoms with Gasteiger partial charge in [-0.15, -0.1) is 0 Å². The lowest BCUT2D eigenvalue weighted by Crippen LogP contribution is -2.02. The van der Waals surface area contributed by atoms with Crippen LogP contribution in [0.5, 0.6) is 17.2 Å². The third-order valence-corrected chi connectivity index (χ3v) is 5.54. The monoisotopic (exact) mass is 481 g/mol. The normalized spacial score (nSPS) is 10.8. The Kier molecular flexibility index (Phi) is 6.32. The number of nitrogens with zero attached hydrogens (tertiary/aromatic N) is 2. The number of methoxy groups -OCH3 is 3. The van der Waals surface area contributed by atoms with E-state index in [1.54, 1.807) is 21.3 Å². The highest BCUT2D eigenvalue weighted by Gasteiger charge is 2.17. The van der Waals surface area contributed by atoms with Gasteiger partial charge in [-0.1, -0.05) is 30.3 Å². The van der Waals surface area contributed by atoms with Crippen LogP contribution in [0.4, 0.5) is 11.5 Å². The van der Waals surface area contributed by atoms with E-state index >= 15 is 0 Å². The Bertz CT molecular complexity index is 1170. The highest BCUT2D eigenvalue weighted by Crippen LogP contribution is 2.41. The van der Waals surface area contributed by atoms with E-state index < -0.39 is 0 Å². The molecule has 6 nitrogen and oxygen atoms in total. The van der Waals surface area contributed by atoms with Gasteiger partial charge in [0.05, 0.1) is 27.0 Å². The quantitative estimate of drug-likeness (QED) is 0.352. The van der Waals surface area contributed by atoms with Gasteiger partial charge in [0.2, 0.25) is 5.75 Å². The maximum absolute atomic E-state index is 5.51. The minimum absolute atomic E-state index is 0.556. The minimum Gasteiger partial charge on any atom is -0.493 e. The van der Waals surface area contributed by atoms with Gasteiger partial charge in [-0.2, -0.15) is 0 Å². The molecule has 2 aromatic carbocycles. The van der Waals surface area contributed by atoms with Crippen molar-refractivity contribution >= 4 is 33.1 Å². The number of aromatic nitrogens is 2. The fraction of sp³-hybridized carbons (Fsp3) is 0.208. The zero-order chi connectivity index (χ0) is 21.8. The summed E-state index contributed by atoms with van der Waals surface area (Å²) in [4.78, 5) is 4.88. The van der Waals surface area contributed by atoms with E-state index in [-0.39, 0.29) is 0 Å². The number of halogens is 1. The van der Waals surface area contributed by atoms with Crippen molar-refractivity contribution in [1.29, 1.82) is 0 Å². The Hall–Kier alpha value is -3.19. The van der Waals surface area contributed by atoms with Gasteiger partial charge in [0.1, 0.15) is 11.5 Å². The van der Waals surface area contributed by atoms with E-state index in [0.29, 0.717) is 17.2 Å². The molecule has 7 heteroatoms. The van der Waals surface area contributed by atoms with E-state index in [1.807, 2.05) is 40.9 Å². The van der Waals surface area contributed by atoms with Crippen LogP contribution in [-0.2, 0) is 12.8 Å². The number of aryl methyl sites for hydroxylation is 2. The number of rotatable bonds is 8. The van der Waals surface area contributed by atoms with Crippen molar-refractivity contribution in [2.24, 2.45) is 0 Å². The number of fused-ring (bicyclic) bond motifs is 1. The molecule has 0 atom stereocenters. The number of ether oxygens (including phenoxy) is 3. The van der Waals surface area contributed by atoms with Gasteiger partial charge < -0.3 is 19.5 Å². The molecule has 0 radical (unpaired) electrons. The van der Waals surface area contributed by atoms with Crippen molar-refractivity contribution in [3.05, 3.63) is 76.5 Å². The smallest absolute Gasteiger partial charge is 0.203 e. The summed E-state index contributed by atoms with van der Waals surface area (Å²) < 4.78 is 19.5. The second kappa shape index (κ2) is 9.31. The van der Waals surface area contributed by atoms with Crippen LogP contribution in [0.2, 0.25) is 0 Å². The number of anilines is 2. The second-order valence-electron chi connectivity index (χ2n) is 7.01. The molecule has 4 aromatic rings. The number of hydrogen-bond acceptors (Lipinski definition) is 5. The van der Waals surface area contributed by atoms with Crippen molar-refractivity contribution in [2.45, 2.75) is 12.8 Å². The SMILES string of the molecule is COc1cc(Nc2c(CCc3ccccc3)nc3ccc(Br)cn23)cc(OC)c1OC. The van der Waals surface area contributed by atoms with Gasteiger partial charge in [-0.3, -0.25) is 4.40 Å². The molecular formula is C24H24BrN3O3. The molecule has 31 heavy (non-hydrogen) atoms. The molecule has 0 aliphatic rings. The van der Waals surface area contributed by atoms with Crippen LogP contribution in [-0.4, -0.2) is 30.7 Å². The fourth-order valence-electron chi connectivity index (χ4n) is 3.57. The first kappa shape index (κ1) is 21.1. The van der Waals surface area contributed by atoms with Crippen molar-refractivity contribution in [1.82, 2.24) is 9.38 Å². The minimum atomic E-state index is 0.556. The van der Waals surface area contributed by atoms with Gasteiger partial charge in [0.15, 0.2) is 11.5 Å². The maximum Gasteiger partial charge on any atom is 0.203 e. The Labute approximate surface area is 189 Å². The first-order valence-electron chi connectivity index (χ1n) is 9.90. The maximum atomic E-state index is 5.51. The predicted octanol–water partition coefficient (Wildman–Crippen LogP) is 5.65. The van der Waals surface area contributed by atoms with Crippen LogP contribution in [0.1, 0.15) is 11.3 Å². The Morgan fingerprint density at radius 2 is 1.61 bits per heavy atom. The third-order valence-electron chi connectivity index (χ3n) is 5.08. The van der Waals surface area contributed by atoms with E-state index in [1.165, 1.54) is 5.56 Å². The zero-order valence-corrected chi connectivity index (χ0v) is 19.3. The standard InChI is InChI=1S/C24H24BrN3O3/c1-29-20-13-18(14-21(30-2)23(20)31-3)26-24-19(11-9-16-7-5-4-6-8-16)27-22-12-10-17(25)15-28(22)24/h4-8,10,12-15,26H,9,11H2,1-3H3. The van der Waals surface area contributed by atoms with Crippen molar-refractivity contribution in [3.63, 3.8) is 0 Å². The highest BCUT2D eigenvalue weighted by molar-refractivity contribution is 9.10. The summed E-state index contributed by atoms with van der Waals surface area (Å²) in [6.07, 6.45) is 3.71. The van der Waals surface area contributed by atoms with Gasteiger partial charge >= 0.3 is 0 Å². The molecule has 0 aliphatic heterocycles. The lowest BCUT2D eigenvalue weighted by Gasteiger charge is -2.15. The van der Waals surface area contributed by atoms with Crippen LogP contribution >= 0.6 is 15.9 Å². The summed E-state index contributed by atoms with van der Waals surface area (Å²) in [6.45, 7) is 0. The highest BCUT2D eigenvalue weighted by atomic mass is 79.9. The lowest BCUT2D eigenvalue weighted by atomic mass is 10.1. The van der Waals surface area contributed by atoms with E-state index in [9.17, 15) is 0 Å². The van der Waals surface area contributed by atoms with Crippen LogP contribution in [0.15, 0.2) is 65.3 Å². The van der Waals surface area contributed by atoms with Gasteiger partial charge in [-0.05, 0) is 46.5 Å². The van der Waals surface area contributed by atoms with Gasteiger partial charge in [-0.25, -0.2) is 4.98 Å². The van der Waals surface area contributed by atoms with Gasteiger partial charge in [0.25, 0.3) is 0 Å². The molecule has 0 bridgehead atoms. The Balaban J connectivity index is 1.74. The molecule has 160 valence electrons. The van der Waals surface area contributed by atoms with Crippen LogP contribution in [0.25, 0.3) is 5.65 Å². The Morgan fingerprint density at radius 1 is 0.903 bits per heavy atom. The van der Waals surface area contributed by atoms with Crippen molar-refractivity contribution < 1.29 is 14.2 Å². The summed E-state index contributed by atoms with van der Waals surface area (Å²) in [5.74, 6) is 2.64. The first-order valence-corrected chi connectivity index (χ1v) is 10.7. The van der Waals surface area contributed by atoms with E-state index in [4.69, 9.17) is 19.2 Å². The molecule has 2 aromatic heterocycles. The Morgan fingerprint density at radius 3 is 2.26 bits per heavy atom. The summed E-state index contributed by atoms with van der Waals surface area (Å²) >= 11 is 3.57. The third kappa shape index (κ3) is 4.46. The number of benzene rings is 2. The molecule has 0 aliphatic carbocycles. The average molecular weight is 482 g/mol. The second-order valence-corrected chi connectivity index (χ2v) is 7.92. The number of pyridine rings is 1. The molecule has 0 saturated heterocycles. The molecule has 0 fully saturated rings. The molecule has 0 saturated carbocycles. The average Bonchev–Trinajstić information content (AvgIpc) is 3.14. The number of imidazole rings is 1. The molecule has 0 unspecified atom stereocenters. The summed E-state index contributed by atoms with van der Waals surface area (Å²) in [6, 6.07) is 18.2. The van der Waals surface area contributed by atoms with Crippen molar-refractivity contribution in [2.75, 3.05) is 26.6 Å². The van der Waals surface area contributed by atoms with E-state index in [0.717, 1.165) is 40.2 Å². The molecule has 0 spiro atoms. The van der Waals surface area contributed by atoms with E-state index in [2.05, 4.69) is 45.5 Å². The topological polar surface area (TPSA) is 57.0 Å². The molecule has 4 rings (SSSR count). The molecule has 0 amide bonds. The predicted molar refractivity (Wildman–Crippen MR) is 126 cm³/mol. The molecule has 1 N–H and O–H groups in total. The molecular weight excluding hydrogens is 458 g/mol. The van der Waals surface area contributed by atoms with Crippen LogP contribution in [0, 0.1) is 0 Å². The zero-order valence-electron chi connectivity index (χ0n) is 17.7. The van der Waals surface area contributed by atoms with Crippen molar-refractivity contribution in [3.8, 4) is 17.2 Å². The fourth-order valence-corrected chi connectivity index (χ4v) is 3.91. The molecule has 2 heterocycles. The number of nitrogens with one attached hydrogen (secondary N) is 1. The summed E-state index contributed by atoms with van der Waals surface area (Å²) in [5, 5.41) is 3.52. The van der Waals surface area contributed by atoms with Crippen LogP contribution < -0.4 is 19.5 Å². The van der Waals surface area contributed by atoms with Gasteiger partial charge in [0, 0.05) is 28.5 Å².